The Morgan fingerprint density at radius 1 is 1.21 bits per heavy atom. The van der Waals surface area contributed by atoms with Crippen molar-refractivity contribution < 1.29 is 4.79 Å². The monoisotopic (exact) mass is 339 g/mol. The summed E-state index contributed by atoms with van der Waals surface area (Å²) in [7, 11) is 0. The number of benzene rings is 2. The van der Waals surface area contributed by atoms with E-state index in [-0.39, 0.29) is 11.9 Å². The van der Waals surface area contributed by atoms with Crippen LogP contribution in [0.4, 0.5) is 0 Å². The summed E-state index contributed by atoms with van der Waals surface area (Å²) >= 11 is 5.95. The normalized spacial score (nSPS) is 16.8. The van der Waals surface area contributed by atoms with Crippen molar-refractivity contribution in [3.63, 3.8) is 0 Å². The molecule has 0 aliphatic heterocycles. The maximum absolute atomic E-state index is 12.8. The summed E-state index contributed by atoms with van der Waals surface area (Å²) in [5, 5.41) is 3.79. The molecule has 0 bridgehead atoms. The van der Waals surface area contributed by atoms with Gasteiger partial charge in [-0.3, -0.25) is 4.79 Å². The van der Waals surface area contributed by atoms with E-state index >= 15 is 0 Å². The summed E-state index contributed by atoms with van der Waals surface area (Å²) in [6.07, 6.45) is 1.74. The summed E-state index contributed by atoms with van der Waals surface area (Å²) in [6.45, 7) is 1.95. The number of nitrogens with zero attached hydrogens (tertiary/aromatic N) is 1. The first-order valence-corrected chi connectivity index (χ1v) is 8.48. The first-order chi connectivity index (χ1) is 11.6. The van der Waals surface area contributed by atoms with Gasteiger partial charge in [0.05, 0.1) is 22.5 Å². The molecule has 1 fully saturated rings. The molecule has 5 heteroatoms. The van der Waals surface area contributed by atoms with E-state index in [9.17, 15) is 4.79 Å². The largest absolute Gasteiger partial charge is 0.346 e. The molecule has 0 spiro atoms. The summed E-state index contributed by atoms with van der Waals surface area (Å²) in [4.78, 5) is 20.7. The van der Waals surface area contributed by atoms with Crippen LogP contribution in [0, 0.1) is 0 Å². The minimum atomic E-state index is -0.412. The number of para-hydroxylation sites is 2. The van der Waals surface area contributed by atoms with Crippen LogP contribution in [0.5, 0.6) is 0 Å². The third kappa shape index (κ3) is 2.57. The number of fused-ring (bicyclic) bond motifs is 1. The van der Waals surface area contributed by atoms with Crippen LogP contribution in [0.1, 0.15) is 37.2 Å². The van der Waals surface area contributed by atoms with Gasteiger partial charge in [0.1, 0.15) is 5.82 Å². The summed E-state index contributed by atoms with van der Waals surface area (Å²) in [5.41, 5.74) is 2.51. The van der Waals surface area contributed by atoms with Crippen molar-refractivity contribution in [1.29, 1.82) is 0 Å². The van der Waals surface area contributed by atoms with Crippen molar-refractivity contribution >= 4 is 28.5 Å². The van der Waals surface area contributed by atoms with Crippen molar-refractivity contribution in [3.8, 4) is 0 Å². The fraction of sp³-hybridized carbons (Fsp3) is 0.263. The molecule has 0 unspecified atom stereocenters. The third-order valence-corrected chi connectivity index (χ3v) is 5.00. The van der Waals surface area contributed by atoms with Crippen molar-refractivity contribution in [3.05, 3.63) is 64.9 Å². The predicted octanol–water partition coefficient (Wildman–Crippen LogP) is 4.13. The number of rotatable bonds is 4. The lowest BCUT2D eigenvalue weighted by molar-refractivity contribution is -0.124. The molecule has 0 radical (unpaired) electrons. The van der Waals surface area contributed by atoms with Crippen molar-refractivity contribution in [2.24, 2.45) is 0 Å². The molecule has 1 aliphatic carbocycles. The van der Waals surface area contributed by atoms with E-state index in [4.69, 9.17) is 11.6 Å². The average molecular weight is 340 g/mol. The zero-order valence-corrected chi connectivity index (χ0v) is 14.1. The smallest absolute Gasteiger partial charge is 0.231 e. The molecule has 1 atom stereocenters. The van der Waals surface area contributed by atoms with E-state index in [0.717, 1.165) is 35.3 Å². The Morgan fingerprint density at radius 2 is 1.92 bits per heavy atom. The SMILES string of the molecule is C[C@H](NC(=O)C1(c2ccc(Cl)cc2)CC1)c1nc2ccccc2[nH]1. The summed E-state index contributed by atoms with van der Waals surface area (Å²) in [5.74, 6) is 0.828. The zero-order chi connectivity index (χ0) is 16.7. The minimum absolute atomic E-state index is 0.0535. The number of carbonyl (C=O) groups excluding carboxylic acids is 1. The van der Waals surface area contributed by atoms with Gasteiger partial charge in [-0.05, 0) is 49.6 Å². The Morgan fingerprint density at radius 3 is 2.58 bits per heavy atom. The first-order valence-electron chi connectivity index (χ1n) is 8.10. The standard InChI is InChI=1S/C19H18ClN3O/c1-12(17-22-15-4-2-3-5-16(15)23-17)21-18(24)19(10-11-19)13-6-8-14(20)9-7-13/h2-9,12H,10-11H2,1H3,(H,21,24)(H,22,23)/t12-/m0/s1. The number of aromatic nitrogens is 2. The molecule has 122 valence electrons. The van der Waals surface area contributed by atoms with E-state index < -0.39 is 5.41 Å². The second-order valence-electron chi connectivity index (χ2n) is 6.42. The lowest BCUT2D eigenvalue weighted by Gasteiger charge is -2.19. The number of imidazole rings is 1. The van der Waals surface area contributed by atoms with Gasteiger partial charge in [-0.15, -0.1) is 0 Å². The van der Waals surface area contributed by atoms with Gasteiger partial charge in [0.15, 0.2) is 0 Å². The number of halogens is 1. The summed E-state index contributed by atoms with van der Waals surface area (Å²) < 4.78 is 0. The molecule has 1 saturated carbocycles. The predicted molar refractivity (Wildman–Crippen MR) is 95.0 cm³/mol. The molecule has 1 aliphatic rings. The molecule has 2 N–H and O–H groups in total. The van der Waals surface area contributed by atoms with E-state index in [1.54, 1.807) is 0 Å². The summed E-state index contributed by atoms with van der Waals surface area (Å²) in [6, 6.07) is 15.3. The molecule has 1 aromatic heterocycles. The average Bonchev–Trinajstić information content (AvgIpc) is 3.28. The van der Waals surface area contributed by atoms with Crippen molar-refractivity contribution in [1.82, 2.24) is 15.3 Å². The topological polar surface area (TPSA) is 57.8 Å². The minimum Gasteiger partial charge on any atom is -0.346 e. The Labute approximate surface area is 145 Å². The lowest BCUT2D eigenvalue weighted by atomic mass is 9.94. The second kappa shape index (κ2) is 5.64. The molecule has 4 nitrogen and oxygen atoms in total. The quantitative estimate of drug-likeness (QED) is 0.751. The van der Waals surface area contributed by atoms with Gasteiger partial charge in [-0.1, -0.05) is 35.9 Å². The van der Waals surface area contributed by atoms with Gasteiger partial charge in [0.2, 0.25) is 5.91 Å². The Balaban J connectivity index is 1.54. The second-order valence-corrected chi connectivity index (χ2v) is 6.86. The molecule has 1 amide bonds. The van der Waals surface area contributed by atoms with Crippen LogP contribution in [-0.2, 0) is 10.2 Å². The molecule has 4 rings (SSSR count). The van der Waals surface area contributed by atoms with Gasteiger partial charge in [-0.25, -0.2) is 4.98 Å². The Bertz CT molecular complexity index is 863. The molecule has 24 heavy (non-hydrogen) atoms. The number of aromatic amines is 1. The molecule has 3 aromatic rings. The maximum Gasteiger partial charge on any atom is 0.231 e. The number of amides is 1. The number of carbonyl (C=O) groups is 1. The number of nitrogens with one attached hydrogen (secondary N) is 2. The van der Waals surface area contributed by atoms with Gasteiger partial charge in [0.25, 0.3) is 0 Å². The number of hydrogen-bond donors (Lipinski definition) is 2. The van der Waals surface area contributed by atoms with Gasteiger partial charge in [0, 0.05) is 5.02 Å². The van der Waals surface area contributed by atoms with Crippen LogP contribution in [-0.4, -0.2) is 15.9 Å². The number of hydrogen-bond acceptors (Lipinski definition) is 2. The molecule has 2 aromatic carbocycles. The molecular formula is C19H18ClN3O. The highest BCUT2D eigenvalue weighted by atomic mass is 35.5. The van der Waals surface area contributed by atoms with Crippen LogP contribution in [0.25, 0.3) is 11.0 Å². The maximum atomic E-state index is 12.8. The Hall–Kier alpha value is -2.33. The number of H-pyrrole nitrogens is 1. The highest BCUT2D eigenvalue weighted by Crippen LogP contribution is 2.48. The molecule has 0 saturated heterocycles. The highest BCUT2D eigenvalue weighted by molar-refractivity contribution is 6.30. The van der Waals surface area contributed by atoms with E-state index in [2.05, 4.69) is 15.3 Å². The van der Waals surface area contributed by atoms with Crippen LogP contribution in [0.3, 0.4) is 0 Å². The zero-order valence-electron chi connectivity index (χ0n) is 13.3. The fourth-order valence-electron chi connectivity index (χ4n) is 3.12. The highest BCUT2D eigenvalue weighted by Gasteiger charge is 2.51. The van der Waals surface area contributed by atoms with Gasteiger partial charge in [-0.2, -0.15) is 0 Å². The fourth-order valence-corrected chi connectivity index (χ4v) is 3.25. The van der Waals surface area contributed by atoms with Crippen LogP contribution in [0.2, 0.25) is 5.02 Å². The molecular weight excluding hydrogens is 322 g/mol. The first kappa shape index (κ1) is 15.2. The van der Waals surface area contributed by atoms with E-state index in [1.165, 1.54) is 0 Å². The van der Waals surface area contributed by atoms with Crippen LogP contribution >= 0.6 is 11.6 Å². The van der Waals surface area contributed by atoms with E-state index in [1.807, 2.05) is 55.5 Å². The van der Waals surface area contributed by atoms with Crippen molar-refractivity contribution in [2.75, 3.05) is 0 Å². The van der Waals surface area contributed by atoms with Gasteiger partial charge < -0.3 is 10.3 Å². The van der Waals surface area contributed by atoms with Crippen LogP contribution in [0.15, 0.2) is 48.5 Å². The Kier molecular flexibility index (Phi) is 3.57. The molecule has 1 heterocycles. The van der Waals surface area contributed by atoms with Crippen molar-refractivity contribution in [2.45, 2.75) is 31.2 Å². The third-order valence-electron chi connectivity index (χ3n) is 4.75. The van der Waals surface area contributed by atoms with Crippen LogP contribution < -0.4 is 5.32 Å². The lowest BCUT2D eigenvalue weighted by Crippen LogP contribution is -2.36. The van der Waals surface area contributed by atoms with E-state index in [0.29, 0.717) is 5.02 Å². The van der Waals surface area contributed by atoms with Gasteiger partial charge >= 0.3 is 0 Å².